The van der Waals surface area contributed by atoms with E-state index in [0.29, 0.717) is 13.0 Å². The van der Waals surface area contributed by atoms with Crippen LogP contribution in [0.2, 0.25) is 0 Å². The van der Waals surface area contributed by atoms with E-state index in [9.17, 15) is 9.59 Å². The van der Waals surface area contributed by atoms with Crippen molar-refractivity contribution in [2.45, 2.75) is 25.8 Å². The molecule has 2 aromatic heterocycles. The number of hydrogen-bond acceptors (Lipinski definition) is 3. The Hall–Kier alpha value is -1.68. The van der Waals surface area contributed by atoms with E-state index < -0.39 is 0 Å². The van der Waals surface area contributed by atoms with Crippen LogP contribution in [0.3, 0.4) is 0 Å². The minimum absolute atomic E-state index is 0.0168. The molecule has 0 aliphatic heterocycles. The van der Waals surface area contributed by atoms with Gasteiger partial charge in [0, 0.05) is 28.6 Å². The van der Waals surface area contributed by atoms with Crippen molar-refractivity contribution in [1.82, 2.24) is 4.57 Å². The number of thiophene rings is 1. The summed E-state index contributed by atoms with van der Waals surface area (Å²) in [5.74, 6) is 0.163. The van der Waals surface area contributed by atoms with Gasteiger partial charge in [-0.1, -0.05) is 6.07 Å². The van der Waals surface area contributed by atoms with Crippen LogP contribution >= 0.6 is 11.3 Å². The van der Waals surface area contributed by atoms with Crippen LogP contribution in [-0.4, -0.2) is 10.4 Å². The van der Waals surface area contributed by atoms with Crippen LogP contribution in [0.5, 0.6) is 0 Å². The quantitative estimate of drug-likeness (QED) is 0.831. The molecular formula is C14H13NO2S. The summed E-state index contributed by atoms with van der Waals surface area (Å²) in [6.07, 6.45) is 2.27. The summed E-state index contributed by atoms with van der Waals surface area (Å²) in [6.45, 7) is 0.576. The highest BCUT2D eigenvalue weighted by Crippen LogP contribution is 2.21. The molecule has 2 heterocycles. The van der Waals surface area contributed by atoms with Gasteiger partial charge in [-0.3, -0.25) is 9.59 Å². The minimum Gasteiger partial charge on any atom is -0.307 e. The van der Waals surface area contributed by atoms with Gasteiger partial charge in [0.1, 0.15) is 0 Å². The van der Waals surface area contributed by atoms with E-state index in [1.54, 1.807) is 22.0 Å². The highest BCUT2D eigenvalue weighted by molar-refractivity contribution is 7.09. The smallest absolute Gasteiger partial charge is 0.251 e. The van der Waals surface area contributed by atoms with Crippen molar-refractivity contribution in [2.24, 2.45) is 0 Å². The molecule has 3 nitrogen and oxygen atoms in total. The first-order valence-corrected chi connectivity index (χ1v) is 6.92. The topological polar surface area (TPSA) is 39.1 Å². The van der Waals surface area contributed by atoms with E-state index in [1.165, 1.54) is 6.07 Å². The van der Waals surface area contributed by atoms with E-state index in [4.69, 9.17) is 0 Å². The third-order valence-corrected chi connectivity index (χ3v) is 4.17. The third-order valence-electron chi connectivity index (χ3n) is 3.31. The van der Waals surface area contributed by atoms with Crippen LogP contribution in [0.4, 0.5) is 0 Å². The van der Waals surface area contributed by atoms with E-state index in [2.05, 4.69) is 0 Å². The first-order valence-electron chi connectivity index (χ1n) is 6.04. The van der Waals surface area contributed by atoms with Gasteiger partial charge >= 0.3 is 0 Å². The number of aromatic nitrogens is 1. The van der Waals surface area contributed by atoms with Crippen molar-refractivity contribution in [3.05, 3.63) is 56.1 Å². The Bertz CT molecular complexity index is 640. The normalized spacial score (nSPS) is 14.6. The first kappa shape index (κ1) is 11.4. The molecule has 0 atom stereocenters. The maximum Gasteiger partial charge on any atom is 0.251 e. The average Bonchev–Trinajstić information content (AvgIpc) is 2.86. The Balaban J connectivity index is 2.10. The molecule has 0 unspecified atom stereocenters. The number of hydrogen-bond donors (Lipinski definition) is 0. The summed E-state index contributed by atoms with van der Waals surface area (Å²) >= 11 is 1.63. The van der Waals surface area contributed by atoms with Gasteiger partial charge in [-0.15, -0.1) is 11.3 Å². The highest BCUT2D eigenvalue weighted by Gasteiger charge is 2.20. The Labute approximate surface area is 109 Å². The number of pyridine rings is 1. The molecule has 1 aliphatic carbocycles. The molecule has 4 heteroatoms. The first-order chi connectivity index (χ1) is 8.75. The zero-order chi connectivity index (χ0) is 12.5. The van der Waals surface area contributed by atoms with Crippen molar-refractivity contribution in [2.75, 3.05) is 0 Å². The number of rotatable bonds is 2. The second-order valence-corrected chi connectivity index (χ2v) is 5.51. The summed E-state index contributed by atoms with van der Waals surface area (Å²) in [5, 5.41) is 2.00. The van der Waals surface area contributed by atoms with E-state index >= 15 is 0 Å². The van der Waals surface area contributed by atoms with Crippen molar-refractivity contribution in [1.29, 1.82) is 0 Å². The number of ketones is 1. The Morgan fingerprint density at radius 3 is 2.83 bits per heavy atom. The molecule has 0 amide bonds. The van der Waals surface area contributed by atoms with Crippen molar-refractivity contribution < 1.29 is 4.79 Å². The van der Waals surface area contributed by atoms with Gasteiger partial charge in [-0.2, -0.15) is 0 Å². The highest BCUT2D eigenvalue weighted by atomic mass is 32.1. The molecule has 0 aromatic carbocycles. The fraction of sp³-hybridized carbons (Fsp3) is 0.286. The molecule has 0 saturated carbocycles. The zero-order valence-corrected chi connectivity index (χ0v) is 10.7. The van der Waals surface area contributed by atoms with Gasteiger partial charge in [0.15, 0.2) is 5.78 Å². The largest absolute Gasteiger partial charge is 0.307 e. The van der Waals surface area contributed by atoms with Crippen LogP contribution < -0.4 is 5.56 Å². The molecule has 0 saturated heterocycles. The molecule has 0 N–H and O–H groups in total. The van der Waals surface area contributed by atoms with Crippen LogP contribution in [0.15, 0.2) is 34.4 Å². The lowest BCUT2D eigenvalue weighted by atomic mass is 9.94. The van der Waals surface area contributed by atoms with E-state index in [-0.39, 0.29) is 11.3 Å². The number of carbonyl (C=O) groups excluding carboxylic acids is 1. The van der Waals surface area contributed by atoms with Crippen LogP contribution in [0.1, 0.15) is 33.8 Å². The monoisotopic (exact) mass is 259 g/mol. The maximum atomic E-state index is 12.0. The third kappa shape index (κ3) is 1.93. The molecule has 1 aliphatic rings. The molecule has 3 rings (SSSR count). The Morgan fingerprint density at radius 1 is 1.17 bits per heavy atom. The molecule has 0 bridgehead atoms. The lowest BCUT2D eigenvalue weighted by Gasteiger charge is -2.19. The Morgan fingerprint density at radius 2 is 2.06 bits per heavy atom. The van der Waals surface area contributed by atoms with Gasteiger partial charge in [0.25, 0.3) is 5.56 Å². The lowest BCUT2D eigenvalue weighted by molar-refractivity contribution is 0.0970. The van der Waals surface area contributed by atoms with Gasteiger partial charge in [-0.05, 0) is 30.4 Å². The second-order valence-electron chi connectivity index (χ2n) is 4.47. The standard InChI is InChI=1S/C14H13NO2S/c16-13-5-1-4-12-11(13)6-7-14(17)15(12)9-10-3-2-8-18-10/h2-3,6-8H,1,4-5,9H2. The van der Waals surface area contributed by atoms with Crippen LogP contribution in [0.25, 0.3) is 0 Å². The lowest BCUT2D eigenvalue weighted by Crippen LogP contribution is -2.28. The van der Waals surface area contributed by atoms with Crippen molar-refractivity contribution >= 4 is 17.1 Å². The molecule has 18 heavy (non-hydrogen) atoms. The predicted octanol–water partition coefficient (Wildman–Crippen LogP) is 2.48. The molecule has 92 valence electrons. The van der Waals surface area contributed by atoms with E-state index in [1.807, 2.05) is 17.5 Å². The fourth-order valence-electron chi connectivity index (χ4n) is 2.43. The summed E-state index contributed by atoms with van der Waals surface area (Å²) < 4.78 is 1.75. The molecule has 0 fully saturated rings. The number of Topliss-reactive ketones (excluding diaryl/α,β-unsaturated/α-hetero) is 1. The van der Waals surface area contributed by atoms with Crippen LogP contribution in [-0.2, 0) is 13.0 Å². The minimum atomic E-state index is -0.0168. The summed E-state index contributed by atoms with van der Waals surface area (Å²) in [6, 6.07) is 7.19. The number of nitrogens with zero attached hydrogens (tertiary/aromatic N) is 1. The number of carbonyl (C=O) groups is 1. The Kier molecular flexibility index (Phi) is 2.88. The summed E-state index contributed by atoms with van der Waals surface area (Å²) in [4.78, 5) is 25.0. The van der Waals surface area contributed by atoms with Gasteiger partial charge in [0.2, 0.25) is 0 Å². The molecule has 0 radical (unpaired) electrons. The molecule has 2 aromatic rings. The molecular weight excluding hydrogens is 246 g/mol. The second kappa shape index (κ2) is 4.53. The van der Waals surface area contributed by atoms with Crippen molar-refractivity contribution in [3.8, 4) is 0 Å². The van der Waals surface area contributed by atoms with Gasteiger partial charge < -0.3 is 4.57 Å². The predicted molar refractivity (Wildman–Crippen MR) is 71.4 cm³/mol. The maximum absolute atomic E-state index is 12.0. The van der Waals surface area contributed by atoms with E-state index in [0.717, 1.165) is 29.0 Å². The zero-order valence-electron chi connectivity index (χ0n) is 9.89. The van der Waals surface area contributed by atoms with Gasteiger partial charge in [-0.25, -0.2) is 0 Å². The average molecular weight is 259 g/mol. The van der Waals surface area contributed by atoms with Crippen LogP contribution in [0, 0.1) is 0 Å². The fourth-order valence-corrected chi connectivity index (χ4v) is 3.12. The summed E-state index contributed by atoms with van der Waals surface area (Å²) in [7, 11) is 0. The van der Waals surface area contributed by atoms with Gasteiger partial charge in [0.05, 0.1) is 6.54 Å². The molecule has 0 spiro atoms. The van der Waals surface area contributed by atoms with Crippen molar-refractivity contribution in [3.63, 3.8) is 0 Å². The SMILES string of the molecule is O=C1CCCc2c1ccc(=O)n2Cc1cccs1. The summed E-state index contributed by atoms with van der Waals surface area (Å²) in [5.41, 5.74) is 1.63. The number of fused-ring (bicyclic) bond motifs is 1.